The summed E-state index contributed by atoms with van der Waals surface area (Å²) < 4.78 is 10.7. The fraction of sp³-hybridized carbons (Fsp3) is 0.227. The zero-order chi connectivity index (χ0) is 20.8. The van der Waals surface area contributed by atoms with Crippen molar-refractivity contribution >= 4 is 23.5 Å². The second kappa shape index (κ2) is 9.39. The minimum absolute atomic E-state index is 0.0428. The van der Waals surface area contributed by atoms with Crippen molar-refractivity contribution in [3.63, 3.8) is 0 Å². The Morgan fingerprint density at radius 3 is 2.45 bits per heavy atom. The lowest BCUT2D eigenvalue weighted by atomic mass is 10.0. The van der Waals surface area contributed by atoms with Crippen molar-refractivity contribution < 1.29 is 18.7 Å². The van der Waals surface area contributed by atoms with Gasteiger partial charge in [-0.15, -0.1) is 0 Å². The van der Waals surface area contributed by atoms with Crippen molar-refractivity contribution in [1.82, 2.24) is 10.3 Å². The van der Waals surface area contributed by atoms with Crippen LogP contribution in [0, 0.1) is 13.8 Å². The first-order valence-corrected chi connectivity index (χ1v) is 9.50. The lowest BCUT2D eigenvalue weighted by Gasteiger charge is -2.19. The normalized spacial score (nSPS) is 11.7. The summed E-state index contributed by atoms with van der Waals surface area (Å²) >= 11 is 6.12. The molecule has 0 saturated heterocycles. The second-order valence-corrected chi connectivity index (χ2v) is 6.94. The highest BCUT2D eigenvalue weighted by atomic mass is 35.5. The molecule has 1 unspecified atom stereocenters. The van der Waals surface area contributed by atoms with E-state index in [2.05, 4.69) is 10.3 Å². The molecule has 1 amide bonds. The fourth-order valence-electron chi connectivity index (χ4n) is 2.79. The van der Waals surface area contributed by atoms with Gasteiger partial charge < -0.3 is 14.5 Å². The summed E-state index contributed by atoms with van der Waals surface area (Å²) in [6.45, 7) is 3.55. The molecule has 0 radical (unpaired) electrons. The summed E-state index contributed by atoms with van der Waals surface area (Å²) in [6, 6.07) is 15.4. The Morgan fingerprint density at radius 1 is 1.10 bits per heavy atom. The van der Waals surface area contributed by atoms with Gasteiger partial charge in [0.05, 0.1) is 28.7 Å². The highest BCUT2D eigenvalue weighted by Gasteiger charge is 2.21. The summed E-state index contributed by atoms with van der Waals surface area (Å²) in [5, 5.41) is 3.21. The summed E-state index contributed by atoms with van der Waals surface area (Å²) in [7, 11) is 0. The topological polar surface area (TPSA) is 81.4 Å². The number of amides is 1. The molecular weight excluding hydrogens is 392 g/mol. The van der Waals surface area contributed by atoms with Gasteiger partial charge in [-0.3, -0.25) is 9.59 Å². The number of ether oxygens (including phenoxy) is 1. The van der Waals surface area contributed by atoms with Crippen LogP contribution >= 0.6 is 11.6 Å². The summed E-state index contributed by atoms with van der Waals surface area (Å²) in [5.41, 5.74) is 1.88. The molecule has 150 valence electrons. The van der Waals surface area contributed by atoms with Gasteiger partial charge in [0, 0.05) is 0 Å². The Hall–Kier alpha value is -3.12. The number of nitrogens with zero attached hydrogens (tertiary/aromatic N) is 1. The Balaban J connectivity index is 1.69. The van der Waals surface area contributed by atoms with E-state index in [4.69, 9.17) is 20.8 Å². The first-order chi connectivity index (χ1) is 13.9. The molecule has 3 rings (SSSR count). The van der Waals surface area contributed by atoms with E-state index in [1.807, 2.05) is 37.3 Å². The van der Waals surface area contributed by atoms with E-state index in [0.717, 1.165) is 11.3 Å². The predicted octanol–water partition coefficient (Wildman–Crippen LogP) is 4.55. The minimum Gasteiger partial charge on any atom is -0.456 e. The van der Waals surface area contributed by atoms with E-state index in [9.17, 15) is 9.59 Å². The van der Waals surface area contributed by atoms with Gasteiger partial charge in [0.2, 0.25) is 5.89 Å². The number of carbonyl (C=O) groups excluding carboxylic acids is 2. The summed E-state index contributed by atoms with van der Waals surface area (Å²) in [5.74, 6) is 0.179. The molecular formula is C22H21ClN2O4. The van der Waals surface area contributed by atoms with Crippen LogP contribution in [-0.4, -0.2) is 16.9 Å². The van der Waals surface area contributed by atoms with Crippen molar-refractivity contribution in [2.45, 2.75) is 32.9 Å². The highest BCUT2D eigenvalue weighted by Crippen LogP contribution is 2.21. The number of benzene rings is 2. The van der Waals surface area contributed by atoms with Gasteiger partial charge in [0.15, 0.2) is 6.61 Å². The molecule has 1 N–H and O–H groups in total. The third-order valence-electron chi connectivity index (χ3n) is 4.43. The van der Waals surface area contributed by atoms with Crippen LogP contribution in [0.3, 0.4) is 0 Å². The lowest BCUT2D eigenvalue weighted by Crippen LogP contribution is -2.30. The number of aryl methyl sites for hydroxylation is 2. The molecule has 0 aliphatic rings. The minimum atomic E-state index is -0.569. The summed E-state index contributed by atoms with van der Waals surface area (Å²) in [6.07, 6.45) is -0.0428. The molecule has 7 heteroatoms. The van der Waals surface area contributed by atoms with Gasteiger partial charge in [-0.25, -0.2) is 4.98 Å². The van der Waals surface area contributed by atoms with Crippen LogP contribution in [0.15, 0.2) is 59.0 Å². The number of nitrogens with one attached hydrogen (secondary N) is 1. The highest BCUT2D eigenvalue weighted by molar-refractivity contribution is 6.33. The Labute approximate surface area is 173 Å². The maximum absolute atomic E-state index is 12.7. The van der Waals surface area contributed by atoms with Crippen LogP contribution in [0.25, 0.3) is 0 Å². The maximum atomic E-state index is 12.7. The quantitative estimate of drug-likeness (QED) is 0.576. The van der Waals surface area contributed by atoms with Crippen LogP contribution < -0.4 is 5.32 Å². The molecule has 0 spiro atoms. The molecule has 1 heterocycles. The van der Waals surface area contributed by atoms with Gasteiger partial charge in [0.25, 0.3) is 5.91 Å². The molecule has 1 aromatic heterocycles. The molecule has 1 atom stereocenters. The van der Waals surface area contributed by atoms with Crippen LogP contribution in [0.2, 0.25) is 5.02 Å². The predicted molar refractivity (Wildman–Crippen MR) is 108 cm³/mol. The standard InChI is InChI=1S/C22H21ClN2O4/c1-14-15(2)29-20(24-14)13-28-21(26)12-19(16-8-4-3-5-9-16)25-22(27)17-10-6-7-11-18(17)23/h3-11,19H,12-13H2,1-2H3,(H,25,27). The van der Waals surface area contributed by atoms with Gasteiger partial charge in [-0.1, -0.05) is 54.1 Å². The van der Waals surface area contributed by atoms with Gasteiger partial charge in [-0.2, -0.15) is 0 Å². The van der Waals surface area contributed by atoms with E-state index in [0.29, 0.717) is 22.2 Å². The fourth-order valence-corrected chi connectivity index (χ4v) is 3.01. The molecule has 6 nitrogen and oxygen atoms in total. The SMILES string of the molecule is Cc1nc(COC(=O)CC(NC(=O)c2ccccc2Cl)c2ccccc2)oc1C. The third-order valence-corrected chi connectivity index (χ3v) is 4.76. The van der Waals surface area contributed by atoms with E-state index in [1.165, 1.54) is 0 Å². The maximum Gasteiger partial charge on any atom is 0.308 e. The van der Waals surface area contributed by atoms with E-state index in [-0.39, 0.29) is 18.9 Å². The van der Waals surface area contributed by atoms with E-state index >= 15 is 0 Å². The number of carbonyl (C=O) groups is 2. The van der Waals surface area contributed by atoms with Gasteiger partial charge in [0.1, 0.15) is 5.76 Å². The van der Waals surface area contributed by atoms with Crippen molar-refractivity contribution in [2.24, 2.45) is 0 Å². The first kappa shape index (κ1) is 20.6. The lowest BCUT2D eigenvalue weighted by molar-refractivity contribution is -0.146. The number of rotatable bonds is 7. The molecule has 0 aliphatic heterocycles. The van der Waals surface area contributed by atoms with Crippen LogP contribution in [0.4, 0.5) is 0 Å². The average Bonchev–Trinajstić information content (AvgIpc) is 3.04. The number of oxazole rings is 1. The largest absolute Gasteiger partial charge is 0.456 e. The molecule has 0 fully saturated rings. The van der Waals surface area contributed by atoms with Crippen LogP contribution in [0.5, 0.6) is 0 Å². The zero-order valence-corrected chi connectivity index (χ0v) is 16.9. The number of hydrogen-bond donors (Lipinski definition) is 1. The van der Waals surface area contributed by atoms with Crippen LogP contribution in [0.1, 0.15) is 45.7 Å². The molecule has 29 heavy (non-hydrogen) atoms. The smallest absolute Gasteiger partial charge is 0.308 e. The van der Waals surface area contributed by atoms with Crippen molar-refractivity contribution in [2.75, 3.05) is 0 Å². The van der Waals surface area contributed by atoms with Crippen molar-refractivity contribution in [3.8, 4) is 0 Å². The second-order valence-electron chi connectivity index (χ2n) is 6.53. The van der Waals surface area contributed by atoms with Gasteiger partial charge in [-0.05, 0) is 31.5 Å². The van der Waals surface area contributed by atoms with Crippen molar-refractivity contribution in [3.05, 3.63) is 88.1 Å². The molecule has 2 aromatic carbocycles. The zero-order valence-electron chi connectivity index (χ0n) is 16.1. The van der Waals surface area contributed by atoms with E-state index in [1.54, 1.807) is 31.2 Å². The number of hydrogen-bond acceptors (Lipinski definition) is 5. The van der Waals surface area contributed by atoms with E-state index < -0.39 is 12.0 Å². The molecule has 0 bridgehead atoms. The molecule has 0 saturated carbocycles. The number of esters is 1. The monoisotopic (exact) mass is 412 g/mol. The number of aromatic nitrogens is 1. The molecule has 3 aromatic rings. The Kier molecular flexibility index (Phi) is 6.67. The number of halogens is 1. The van der Waals surface area contributed by atoms with Crippen molar-refractivity contribution in [1.29, 1.82) is 0 Å². The first-order valence-electron chi connectivity index (χ1n) is 9.13. The average molecular weight is 413 g/mol. The third kappa shape index (κ3) is 5.45. The summed E-state index contributed by atoms with van der Waals surface area (Å²) in [4.78, 5) is 29.3. The Morgan fingerprint density at radius 2 is 1.79 bits per heavy atom. The van der Waals surface area contributed by atoms with Crippen LogP contribution in [-0.2, 0) is 16.1 Å². The molecule has 0 aliphatic carbocycles. The van der Waals surface area contributed by atoms with Gasteiger partial charge >= 0.3 is 5.97 Å². The Bertz CT molecular complexity index is 982.